The highest BCUT2D eigenvalue weighted by Gasteiger charge is 2.11. The summed E-state index contributed by atoms with van der Waals surface area (Å²) in [6, 6.07) is 3.61. The number of carbonyl (C=O) groups excluding carboxylic acids is 1. The van der Waals surface area contributed by atoms with Crippen LogP contribution in [-0.2, 0) is 11.3 Å². The summed E-state index contributed by atoms with van der Waals surface area (Å²) in [5.74, 6) is 0.274. The molecular formula is C11H16NO2+. The summed E-state index contributed by atoms with van der Waals surface area (Å²) in [5.41, 5.74) is 0.593. The molecule has 0 unspecified atom stereocenters. The van der Waals surface area contributed by atoms with E-state index >= 15 is 0 Å². The maximum atomic E-state index is 11.2. The van der Waals surface area contributed by atoms with E-state index in [0.717, 1.165) is 6.54 Å². The summed E-state index contributed by atoms with van der Waals surface area (Å²) in [6.45, 7) is 5.18. The van der Waals surface area contributed by atoms with E-state index in [1.807, 2.05) is 23.0 Å². The Morgan fingerprint density at radius 2 is 2.29 bits per heavy atom. The highest BCUT2D eigenvalue weighted by atomic mass is 16.5. The van der Waals surface area contributed by atoms with Crippen LogP contribution in [0.2, 0.25) is 0 Å². The summed E-state index contributed by atoms with van der Waals surface area (Å²) >= 11 is 0. The number of pyridine rings is 1. The van der Waals surface area contributed by atoms with Gasteiger partial charge in [0.15, 0.2) is 18.9 Å². The van der Waals surface area contributed by atoms with Gasteiger partial charge in [-0.1, -0.05) is 13.8 Å². The highest BCUT2D eigenvalue weighted by molar-refractivity contribution is 5.88. The normalized spacial score (nSPS) is 10.3. The molecule has 3 nitrogen and oxygen atoms in total. The molecule has 0 spiro atoms. The zero-order valence-electron chi connectivity index (χ0n) is 8.86. The van der Waals surface area contributed by atoms with E-state index < -0.39 is 0 Å². The van der Waals surface area contributed by atoms with Crippen LogP contribution in [0.15, 0.2) is 24.5 Å². The zero-order valence-corrected chi connectivity index (χ0v) is 8.86. The van der Waals surface area contributed by atoms with Gasteiger partial charge in [-0.15, -0.1) is 0 Å². The van der Waals surface area contributed by atoms with Crippen molar-refractivity contribution in [3.05, 3.63) is 30.1 Å². The lowest BCUT2D eigenvalue weighted by Gasteiger charge is -2.01. The van der Waals surface area contributed by atoms with Crippen molar-refractivity contribution in [2.24, 2.45) is 5.92 Å². The maximum absolute atomic E-state index is 11.2. The molecule has 0 saturated carbocycles. The molecule has 0 aromatic carbocycles. The minimum atomic E-state index is -0.289. The largest absolute Gasteiger partial charge is 0.465 e. The molecule has 0 atom stereocenters. The number of esters is 1. The molecule has 1 rings (SSSR count). The third-order valence-corrected chi connectivity index (χ3v) is 1.86. The molecule has 0 N–H and O–H groups in total. The van der Waals surface area contributed by atoms with Crippen LogP contribution in [0.5, 0.6) is 0 Å². The average molecular weight is 194 g/mol. The first-order valence-electron chi connectivity index (χ1n) is 4.71. The summed E-state index contributed by atoms with van der Waals surface area (Å²) in [5, 5.41) is 0. The number of carbonyl (C=O) groups is 1. The van der Waals surface area contributed by atoms with Crippen molar-refractivity contribution in [2.45, 2.75) is 20.4 Å². The Morgan fingerprint density at radius 3 is 2.86 bits per heavy atom. The predicted molar refractivity (Wildman–Crippen MR) is 52.8 cm³/mol. The topological polar surface area (TPSA) is 30.2 Å². The Hall–Kier alpha value is -1.38. The van der Waals surface area contributed by atoms with E-state index in [0.29, 0.717) is 11.5 Å². The highest BCUT2D eigenvalue weighted by Crippen LogP contribution is 1.98. The number of ether oxygens (including phenoxy) is 1. The van der Waals surface area contributed by atoms with Gasteiger partial charge in [-0.25, -0.2) is 9.36 Å². The standard InChI is InChI=1S/C11H16NO2/c1-9(2)7-12-6-4-5-10(8-12)11(13)14-3/h4-6,8-9H,7H2,1-3H3/q+1. The molecule has 1 heterocycles. The number of hydrogen-bond acceptors (Lipinski definition) is 2. The molecule has 0 aliphatic carbocycles. The fourth-order valence-corrected chi connectivity index (χ4v) is 1.30. The smallest absolute Gasteiger partial charge is 0.343 e. The molecule has 0 bridgehead atoms. The zero-order chi connectivity index (χ0) is 10.6. The van der Waals surface area contributed by atoms with Crippen LogP contribution >= 0.6 is 0 Å². The minimum Gasteiger partial charge on any atom is -0.465 e. The molecular weight excluding hydrogens is 178 g/mol. The monoisotopic (exact) mass is 194 g/mol. The Bertz CT molecular complexity index is 321. The van der Waals surface area contributed by atoms with Crippen molar-refractivity contribution in [1.82, 2.24) is 0 Å². The first kappa shape index (κ1) is 10.7. The fourth-order valence-electron chi connectivity index (χ4n) is 1.30. The molecule has 76 valence electrons. The summed E-state index contributed by atoms with van der Waals surface area (Å²) in [7, 11) is 1.39. The minimum absolute atomic E-state index is 0.289. The van der Waals surface area contributed by atoms with Crippen LogP contribution < -0.4 is 4.57 Å². The molecule has 3 heteroatoms. The van der Waals surface area contributed by atoms with Crippen molar-refractivity contribution in [3.63, 3.8) is 0 Å². The van der Waals surface area contributed by atoms with Crippen molar-refractivity contribution in [3.8, 4) is 0 Å². The van der Waals surface area contributed by atoms with E-state index in [1.54, 1.807) is 6.07 Å². The molecule has 0 amide bonds. The molecule has 0 saturated heterocycles. The van der Waals surface area contributed by atoms with Crippen LogP contribution in [0.1, 0.15) is 24.2 Å². The van der Waals surface area contributed by atoms with Gasteiger partial charge in [-0.2, -0.15) is 0 Å². The van der Waals surface area contributed by atoms with Crippen LogP contribution in [-0.4, -0.2) is 13.1 Å². The number of methoxy groups -OCH3 is 1. The van der Waals surface area contributed by atoms with Crippen LogP contribution in [0.3, 0.4) is 0 Å². The van der Waals surface area contributed by atoms with Crippen molar-refractivity contribution in [1.29, 1.82) is 0 Å². The van der Waals surface area contributed by atoms with E-state index in [9.17, 15) is 4.79 Å². The second-order valence-electron chi connectivity index (χ2n) is 3.67. The van der Waals surface area contributed by atoms with Crippen LogP contribution in [0, 0.1) is 5.92 Å². The Morgan fingerprint density at radius 1 is 1.57 bits per heavy atom. The quantitative estimate of drug-likeness (QED) is 0.538. The molecule has 14 heavy (non-hydrogen) atoms. The lowest BCUT2D eigenvalue weighted by atomic mass is 10.2. The molecule has 0 radical (unpaired) electrons. The van der Waals surface area contributed by atoms with E-state index in [4.69, 9.17) is 0 Å². The Kier molecular flexibility index (Phi) is 3.63. The van der Waals surface area contributed by atoms with Gasteiger partial charge in [0.2, 0.25) is 0 Å². The molecule has 1 aromatic heterocycles. The second kappa shape index (κ2) is 4.74. The third-order valence-electron chi connectivity index (χ3n) is 1.86. The van der Waals surface area contributed by atoms with Gasteiger partial charge >= 0.3 is 5.97 Å². The van der Waals surface area contributed by atoms with Crippen LogP contribution in [0.4, 0.5) is 0 Å². The second-order valence-corrected chi connectivity index (χ2v) is 3.67. The van der Waals surface area contributed by atoms with Gasteiger partial charge in [-0.3, -0.25) is 0 Å². The number of rotatable bonds is 3. The number of aromatic nitrogens is 1. The fraction of sp³-hybridized carbons (Fsp3) is 0.455. The third kappa shape index (κ3) is 2.83. The first-order valence-corrected chi connectivity index (χ1v) is 4.71. The van der Waals surface area contributed by atoms with Gasteiger partial charge in [0.05, 0.1) is 7.11 Å². The number of hydrogen-bond donors (Lipinski definition) is 0. The van der Waals surface area contributed by atoms with Gasteiger partial charge in [0.25, 0.3) is 0 Å². The van der Waals surface area contributed by atoms with Gasteiger partial charge < -0.3 is 4.74 Å². The predicted octanol–water partition coefficient (Wildman–Crippen LogP) is 1.42. The lowest BCUT2D eigenvalue weighted by Crippen LogP contribution is -2.36. The lowest BCUT2D eigenvalue weighted by molar-refractivity contribution is -0.702. The van der Waals surface area contributed by atoms with Gasteiger partial charge in [0.1, 0.15) is 5.56 Å². The van der Waals surface area contributed by atoms with Gasteiger partial charge in [0, 0.05) is 12.0 Å². The maximum Gasteiger partial charge on any atom is 0.343 e. The Labute approximate surface area is 84.3 Å². The van der Waals surface area contributed by atoms with E-state index in [1.165, 1.54) is 7.11 Å². The molecule has 0 aliphatic heterocycles. The van der Waals surface area contributed by atoms with Crippen molar-refractivity contribution < 1.29 is 14.1 Å². The molecule has 0 aliphatic rings. The summed E-state index contributed by atoms with van der Waals surface area (Å²) < 4.78 is 6.64. The number of nitrogens with zero attached hydrogens (tertiary/aromatic N) is 1. The first-order chi connectivity index (χ1) is 6.63. The van der Waals surface area contributed by atoms with Crippen LogP contribution in [0.25, 0.3) is 0 Å². The SMILES string of the molecule is COC(=O)c1ccc[n+](CC(C)C)c1. The summed E-state index contributed by atoms with van der Waals surface area (Å²) in [4.78, 5) is 11.2. The Balaban J connectivity index is 2.84. The average Bonchev–Trinajstić information content (AvgIpc) is 2.16. The van der Waals surface area contributed by atoms with Crippen molar-refractivity contribution >= 4 is 5.97 Å². The molecule has 0 fully saturated rings. The van der Waals surface area contributed by atoms with Gasteiger partial charge in [-0.05, 0) is 6.07 Å². The van der Waals surface area contributed by atoms with Crippen molar-refractivity contribution in [2.75, 3.05) is 7.11 Å². The summed E-state index contributed by atoms with van der Waals surface area (Å²) in [6.07, 6.45) is 3.76. The van der Waals surface area contributed by atoms with E-state index in [2.05, 4.69) is 18.6 Å². The van der Waals surface area contributed by atoms with E-state index in [-0.39, 0.29) is 5.97 Å². The molecule has 1 aromatic rings.